The molecule has 0 spiro atoms. The normalized spacial score (nSPS) is 17.4. The summed E-state index contributed by atoms with van der Waals surface area (Å²) in [5.41, 5.74) is 7.25. The van der Waals surface area contributed by atoms with Gasteiger partial charge in [0, 0.05) is 48.7 Å². The van der Waals surface area contributed by atoms with Crippen molar-refractivity contribution in [3.05, 3.63) is 55.1 Å². The minimum atomic E-state index is 0.302. The third-order valence-electron chi connectivity index (χ3n) is 8.09. The van der Waals surface area contributed by atoms with Gasteiger partial charge < -0.3 is 19.5 Å². The lowest BCUT2D eigenvalue weighted by atomic mass is 9.98. The summed E-state index contributed by atoms with van der Waals surface area (Å²) in [5, 5.41) is 10.2. The summed E-state index contributed by atoms with van der Waals surface area (Å²) in [4.78, 5) is 17.4. The molecule has 7 rings (SSSR count). The van der Waals surface area contributed by atoms with Gasteiger partial charge in [0.15, 0.2) is 0 Å². The Morgan fingerprint density at radius 2 is 1.66 bits per heavy atom. The second-order valence-electron chi connectivity index (χ2n) is 10.7. The predicted molar refractivity (Wildman–Crippen MR) is 152 cm³/mol. The number of fused-ring (bicyclic) bond motifs is 2. The molecule has 0 atom stereocenters. The van der Waals surface area contributed by atoms with Crippen LogP contribution in [-0.2, 0) is 0 Å². The summed E-state index contributed by atoms with van der Waals surface area (Å²) < 4.78 is 6.29. The van der Waals surface area contributed by atoms with E-state index in [-0.39, 0.29) is 0 Å². The molecule has 1 aliphatic heterocycles. The van der Waals surface area contributed by atoms with Crippen LogP contribution in [-0.4, -0.2) is 69.4 Å². The highest BCUT2D eigenvalue weighted by molar-refractivity contribution is 6.00. The van der Waals surface area contributed by atoms with Gasteiger partial charge in [0.25, 0.3) is 0 Å². The van der Waals surface area contributed by atoms with E-state index in [0.717, 1.165) is 83.7 Å². The highest BCUT2D eigenvalue weighted by Crippen LogP contribution is 2.35. The van der Waals surface area contributed by atoms with Crippen LogP contribution in [0.4, 0.5) is 5.69 Å². The molecule has 2 fully saturated rings. The Labute approximate surface area is 222 Å². The molecule has 0 radical (unpaired) electrons. The number of benzene rings is 1. The van der Waals surface area contributed by atoms with E-state index in [1.54, 1.807) is 0 Å². The first kappa shape index (κ1) is 23.2. The zero-order chi connectivity index (χ0) is 25.5. The molecular weight excluding hydrogens is 474 g/mol. The first-order chi connectivity index (χ1) is 18.7. The van der Waals surface area contributed by atoms with Crippen molar-refractivity contribution < 1.29 is 4.74 Å². The Morgan fingerprint density at radius 3 is 2.53 bits per heavy atom. The third kappa shape index (κ3) is 4.39. The number of pyridine rings is 2. The van der Waals surface area contributed by atoms with E-state index in [1.807, 2.05) is 24.8 Å². The smallest absolute Gasteiger partial charge is 0.138 e. The van der Waals surface area contributed by atoms with E-state index >= 15 is 0 Å². The van der Waals surface area contributed by atoms with E-state index in [4.69, 9.17) is 9.84 Å². The maximum atomic E-state index is 6.29. The number of aromatic amines is 2. The zero-order valence-corrected chi connectivity index (χ0v) is 21.8. The van der Waals surface area contributed by atoms with Crippen LogP contribution in [0.3, 0.4) is 0 Å². The zero-order valence-electron chi connectivity index (χ0n) is 21.8. The van der Waals surface area contributed by atoms with Crippen molar-refractivity contribution >= 4 is 27.5 Å². The third-order valence-corrected chi connectivity index (χ3v) is 8.09. The second-order valence-corrected chi connectivity index (χ2v) is 10.7. The lowest BCUT2D eigenvalue weighted by molar-refractivity contribution is 0.154. The average Bonchev–Trinajstić information content (AvgIpc) is 3.58. The maximum absolute atomic E-state index is 6.29. The highest BCUT2D eigenvalue weighted by atomic mass is 16.5. The van der Waals surface area contributed by atoms with Crippen molar-refractivity contribution in [2.45, 2.75) is 38.2 Å². The minimum Gasteiger partial charge on any atom is -0.489 e. The van der Waals surface area contributed by atoms with Gasteiger partial charge in [0.05, 0.1) is 47.1 Å². The quantitative estimate of drug-likeness (QED) is 0.321. The lowest BCUT2D eigenvalue weighted by Crippen LogP contribution is -2.44. The molecule has 5 aromatic rings. The summed E-state index contributed by atoms with van der Waals surface area (Å²) in [6.45, 7) is 4.12. The Morgan fingerprint density at radius 1 is 0.816 bits per heavy atom. The van der Waals surface area contributed by atoms with Crippen molar-refractivity contribution in [1.82, 2.24) is 30.0 Å². The number of hydrogen-bond acceptors (Lipinski definition) is 6. The van der Waals surface area contributed by atoms with E-state index in [2.05, 4.69) is 67.2 Å². The Kier molecular flexibility index (Phi) is 5.96. The molecule has 194 valence electrons. The first-order valence-electron chi connectivity index (χ1n) is 13.7. The minimum absolute atomic E-state index is 0.302. The number of nitrogens with one attached hydrogen (secondary N) is 2. The Balaban J connectivity index is 1.22. The van der Waals surface area contributed by atoms with Crippen molar-refractivity contribution in [2.24, 2.45) is 0 Å². The summed E-state index contributed by atoms with van der Waals surface area (Å²) in [6, 6.07) is 10.7. The van der Waals surface area contributed by atoms with Crippen LogP contribution in [0.1, 0.15) is 32.1 Å². The molecule has 8 heteroatoms. The number of piperazine rings is 1. The lowest BCUT2D eigenvalue weighted by Gasteiger charge is -2.34. The summed E-state index contributed by atoms with van der Waals surface area (Å²) in [7, 11) is 2.18. The number of ether oxygens (including phenoxy) is 1. The van der Waals surface area contributed by atoms with Crippen molar-refractivity contribution in [1.29, 1.82) is 0 Å². The summed E-state index contributed by atoms with van der Waals surface area (Å²) in [6.07, 6.45) is 14.0. The average molecular weight is 508 g/mol. The van der Waals surface area contributed by atoms with Gasteiger partial charge in [-0.15, -0.1) is 0 Å². The molecule has 1 aliphatic carbocycles. The number of hydrogen-bond donors (Lipinski definition) is 2. The summed E-state index contributed by atoms with van der Waals surface area (Å²) in [5.74, 6) is 0.849. The standard InChI is InChI=1S/C30H33N7O/c1-36-9-11-37(12-10-36)29-19-32-18-28-24(29)15-27(33-28)30-25-14-20(7-8-26(25)34-35-30)21-13-23(17-31-16-21)38-22-5-3-2-4-6-22/h7-8,13-19,22,33H,2-6,9-12H2,1H3,(H,34,35). The number of rotatable bonds is 5. The van der Waals surface area contributed by atoms with E-state index in [1.165, 1.54) is 30.3 Å². The van der Waals surface area contributed by atoms with Gasteiger partial charge in [-0.2, -0.15) is 5.10 Å². The fourth-order valence-electron chi connectivity index (χ4n) is 5.88. The van der Waals surface area contributed by atoms with E-state index in [0.29, 0.717) is 6.10 Å². The largest absolute Gasteiger partial charge is 0.489 e. The van der Waals surface area contributed by atoms with Gasteiger partial charge >= 0.3 is 0 Å². The molecule has 1 saturated heterocycles. The molecule has 1 aromatic carbocycles. The number of likely N-dealkylation sites (N-methyl/N-ethyl adjacent to an activating group) is 1. The van der Waals surface area contributed by atoms with Crippen molar-refractivity contribution in [3.8, 4) is 28.3 Å². The van der Waals surface area contributed by atoms with Crippen LogP contribution in [0, 0.1) is 0 Å². The molecule has 2 N–H and O–H groups in total. The van der Waals surface area contributed by atoms with Crippen molar-refractivity contribution in [2.75, 3.05) is 38.1 Å². The number of H-pyrrole nitrogens is 2. The van der Waals surface area contributed by atoms with Gasteiger partial charge in [-0.05, 0) is 62.6 Å². The molecule has 4 aromatic heterocycles. The molecule has 38 heavy (non-hydrogen) atoms. The fourth-order valence-corrected chi connectivity index (χ4v) is 5.88. The van der Waals surface area contributed by atoms with Gasteiger partial charge in [-0.1, -0.05) is 12.5 Å². The molecule has 0 unspecified atom stereocenters. The van der Waals surface area contributed by atoms with Crippen LogP contribution in [0.2, 0.25) is 0 Å². The number of nitrogens with zero attached hydrogens (tertiary/aromatic N) is 5. The monoisotopic (exact) mass is 507 g/mol. The maximum Gasteiger partial charge on any atom is 0.138 e. The number of aromatic nitrogens is 5. The van der Waals surface area contributed by atoms with Crippen LogP contribution >= 0.6 is 0 Å². The van der Waals surface area contributed by atoms with E-state index in [9.17, 15) is 0 Å². The molecule has 1 saturated carbocycles. The van der Waals surface area contributed by atoms with Gasteiger partial charge in [-0.25, -0.2) is 0 Å². The topological polar surface area (TPSA) is 86.0 Å². The molecule has 8 nitrogen and oxygen atoms in total. The van der Waals surface area contributed by atoms with E-state index < -0.39 is 0 Å². The molecular formula is C30H33N7O. The first-order valence-corrected chi connectivity index (χ1v) is 13.7. The SMILES string of the molecule is CN1CCN(c2cncc3[nH]c(-c4n[nH]c5ccc(-c6cncc(OC7CCCCC7)c6)cc45)cc23)CC1. The Bertz CT molecular complexity index is 1570. The molecule has 5 heterocycles. The van der Waals surface area contributed by atoms with Crippen LogP contribution in [0.15, 0.2) is 55.1 Å². The molecule has 2 aliphatic rings. The predicted octanol–water partition coefficient (Wildman–Crippen LogP) is 5.63. The van der Waals surface area contributed by atoms with Crippen LogP contribution < -0.4 is 9.64 Å². The molecule has 0 bridgehead atoms. The van der Waals surface area contributed by atoms with Gasteiger partial charge in [0.2, 0.25) is 0 Å². The van der Waals surface area contributed by atoms with Gasteiger partial charge in [0.1, 0.15) is 11.4 Å². The number of anilines is 1. The fraction of sp³-hybridized carbons (Fsp3) is 0.367. The molecule has 0 amide bonds. The van der Waals surface area contributed by atoms with Crippen LogP contribution in [0.25, 0.3) is 44.3 Å². The van der Waals surface area contributed by atoms with Crippen LogP contribution in [0.5, 0.6) is 5.75 Å². The summed E-state index contributed by atoms with van der Waals surface area (Å²) >= 11 is 0. The highest BCUT2D eigenvalue weighted by Gasteiger charge is 2.20. The van der Waals surface area contributed by atoms with Crippen molar-refractivity contribution in [3.63, 3.8) is 0 Å². The van der Waals surface area contributed by atoms with Gasteiger partial charge in [-0.3, -0.25) is 15.1 Å². The second kappa shape index (κ2) is 9.76. The Hall–Kier alpha value is -3.91.